The first-order valence-electron chi connectivity index (χ1n) is 4.46. The molecule has 1 aromatic carbocycles. The van der Waals surface area contributed by atoms with Gasteiger partial charge in [0.15, 0.2) is 11.6 Å². The molecule has 0 aliphatic heterocycles. The van der Waals surface area contributed by atoms with Gasteiger partial charge in [-0.3, -0.25) is 4.84 Å². The van der Waals surface area contributed by atoms with Gasteiger partial charge in [0.25, 0.3) is 5.92 Å². The zero-order valence-corrected chi connectivity index (χ0v) is 8.89. The first-order chi connectivity index (χ1) is 7.40. The number of rotatable bonds is 4. The van der Waals surface area contributed by atoms with Crippen LogP contribution in [0.4, 0.5) is 13.2 Å². The number of ether oxygens (including phenoxy) is 1. The van der Waals surface area contributed by atoms with E-state index in [1.807, 2.05) is 0 Å². The van der Waals surface area contributed by atoms with Crippen LogP contribution in [0, 0.1) is 5.82 Å². The van der Waals surface area contributed by atoms with Crippen molar-refractivity contribution < 1.29 is 22.7 Å². The number of nitrogens with two attached hydrogens (primary N) is 1. The molecule has 0 aromatic heterocycles. The highest BCUT2D eigenvalue weighted by Crippen LogP contribution is 2.33. The van der Waals surface area contributed by atoms with Gasteiger partial charge < -0.3 is 4.74 Å². The number of benzene rings is 1. The zero-order valence-electron chi connectivity index (χ0n) is 8.89. The van der Waals surface area contributed by atoms with E-state index in [1.54, 1.807) is 0 Å². The minimum atomic E-state index is -3.13. The van der Waals surface area contributed by atoms with Crippen molar-refractivity contribution >= 4 is 0 Å². The fraction of sp³-hybridized carbons (Fsp3) is 0.400. The van der Waals surface area contributed by atoms with Crippen molar-refractivity contribution in [3.05, 3.63) is 29.1 Å². The summed E-state index contributed by atoms with van der Waals surface area (Å²) in [6.45, 7) is 0.478. The molecule has 0 aliphatic carbocycles. The van der Waals surface area contributed by atoms with E-state index in [4.69, 9.17) is 10.6 Å². The molecule has 0 heterocycles. The highest BCUT2D eigenvalue weighted by atomic mass is 19.3. The van der Waals surface area contributed by atoms with E-state index in [1.165, 1.54) is 7.11 Å². The predicted octanol–water partition coefficient (Wildman–Crippen LogP) is 2.34. The van der Waals surface area contributed by atoms with Gasteiger partial charge in [0.1, 0.15) is 0 Å². The summed E-state index contributed by atoms with van der Waals surface area (Å²) in [5.74, 6) is 0.692. The molecule has 0 atom stereocenters. The Bertz CT molecular complexity index is 377. The molecule has 0 fully saturated rings. The van der Waals surface area contributed by atoms with Gasteiger partial charge >= 0.3 is 0 Å². The van der Waals surface area contributed by atoms with Crippen LogP contribution in [-0.4, -0.2) is 7.11 Å². The standard InChI is InChI=1S/C10H12F3NO2/c1-10(12,13)7-3-6(5-16-14)9(15-2)8(11)4-7/h3-4H,5,14H2,1-2H3. The lowest BCUT2D eigenvalue weighted by molar-refractivity contribution is 0.0167. The molecule has 2 N–H and O–H groups in total. The summed E-state index contributed by atoms with van der Waals surface area (Å²) in [5.41, 5.74) is -0.306. The van der Waals surface area contributed by atoms with Crippen molar-refractivity contribution in [2.45, 2.75) is 19.5 Å². The van der Waals surface area contributed by atoms with Gasteiger partial charge in [-0.05, 0) is 12.1 Å². The Kier molecular flexibility index (Phi) is 3.77. The summed E-state index contributed by atoms with van der Waals surface area (Å²) in [5, 5.41) is 0. The third-order valence-electron chi connectivity index (χ3n) is 2.07. The molecule has 0 saturated carbocycles. The molecule has 0 bridgehead atoms. The smallest absolute Gasteiger partial charge is 0.270 e. The summed E-state index contributed by atoms with van der Waals surface area (Å²) in [7, 11) is 1.24. The Balaban J connectivity index is 3.28. The van der Waals surface area contributed by atoms with E-state index in [0.29, 0.717) is 6.92 Å². The monoisotopic (exact) mass is 235 g/mol. The maximum absolute atomic E-state index is 13.4. The molecule has 90 valence electrons. The molecule has 0 amide bonds. The highest BCUT2D eigenvalue weighted by Gasteiger charge is 2.27. The first kappa shape index (κ1) is 12.8. The zero-order chi connectivity index (χ0) is 12.3. The molecule has 1 aromatic rings. The molecule has 0 spiro atoms. The second kappa shape index (κ2) is 4.71. The summed E-state index contributed by atoms with van der Waals surface area (Å²) in [6.07, 6.45) is 0. The van der Waals surface area contributed by atoms with Gasteiger partial charge in [0.05, 0.1) is 13.7 Å². The second-order valence-electron chi connectivity index (χ2n) is 3.35. The first-order valence-corrected chi connectivity index (χ1v) is 4.46. The van der Waals surface area contributed by atoms with Crippen molar-refractivity contribution in [1.82, 2.24) is 0 Å². The summed E-state index contributed by atoms with van der Waals surface area (Å²) in [6, 6.07) is 1.84. The van der Waals surface area contributed by atoms with Gasteiger partial charge in [-0.25, -0.2) is 19.1 Å². The molecular formula is C10H12F3NO2. The Morgan fingerprint density at radius 1 is 1.38 bits per heavy atom. The van der Waals surface area contributed by atoms with E-state index in [0.717, 1.165) is 12.1 Å². The molecular weight excluding hydrogens is 223 g/mol. The van der Waals surface area contributed by atoms with Crippen LogP contribution in [0.5, 0.6) is 5.75 Å². The van der Waals surface area contributed by atoms with E-state index in [-0.39, 0.29) is 17.9 Å². The lowest BCUT2D eigenvalue weighted by Gasteiger charge is -2.15. The van der Waals surface area contributed by atoms with Crippen LogP contribution in [0.1, 0.15) is 18.1 Å². The van der Waals surface area contributed by atoms with E-state index in [2.05, 4.69) is 4.84 Å². The molecule has 3 nitrogen and oxygen atoms in total. The van der Waals surface area contributed by atoms with E-state index >= 15 is 0 Å². The van der Waals surface area contributed by atoms with E-state index < -0.39 is 17.3 Å². The molecule has 16 heavy (non-hydrogen) atoms. The molecule has 0 saturated heterocycles. The fourth-order valence-electron chi connectivity index (χ4n) is 1.33. The lowest BCUT2D eigenvalue weighted by Crippen LogP contribution is -2.10. The second-order valence-corrected chi connectivity index (χ2v) is 3.35. The van der Waals surface area contributed by atoms with Gasteiger partial charge in [-0.2, -0.15) is 0 Å². The minimum Gasteiger partial charge on any atom is -0.493 e. The van der Waals surface area contributed by atoms with Crippen molar-refractivity contribution in [3.63, 3.8) is 0 Å². The predicted molar refractivity (Wildman–Crippen MR) is 51.5 cm³/mol. The summed E-state index contributed by atoms with van der Waals surface area (Å²) < 4.78 is 44.2. The quantitative estimate of drug-likeness (QED) is 0.814. The van der Waals surface area contributed by atoms with Crippen LogP contribution in [0.25, 0.3) is 0 Å². The van der Waals surface area contributed by atoms with Crippen molar-refractivity contribution in [3.8, 4) is 5.75 Å². The number of hydrogen-bond acceptors (Lipinski definition) is 3. The van der Waals surface area contributed by atoms with E-state index in [9.17, 15) is 13.2 Å². The number of halogens is 3. The summed E-state index contributed by atoms with van der Waals surface area (Å²) >= 11 is 0. The van der Waals surface area contributed by atoms with Gasteiger partial charge in [-0.1, -0.05) is 0 Å². The van der Waals surface area contributed by atoms with Crippen LogP contribution in [0.2, 0.25) is 0 Å². The third kappa shape index (κ3) is 2.65. The van der Waals surface area contributed by atoms with Crippen molar-refractivity contribution in [1.29, 1.82) is 0 Å². The largest absolute Gasteiger partial charge is 0.493 e. The molecule has 0 radical (unpaired) electrons. The van der Waals surface area contributed by atoms with Crippen LogP contribution in [0.15, 0.2) is 12.1 Å². The average molecular weight is 235 g/mol. The number of alkyl halides is 2. The number of methoxy groups -OCH3 is 1. The molecule has 6 heteroatoms. The van der Waals surface area contributed by atoms with Crippen LogP contribution >= 0.6 is 0 Å². The Morgan fingerprint density at radius 2 is 2.00 bits per heavy atom. The van der Waals surface area contributed by atoms with Gasteiger partial charge in [0.2, 0.25) is 0 Å². The SMILES string of the molecule is COc1c(F)cc(C(C)(F)F)cc1CON. The van der Waals surface area contributed by atoms with Gasteiger partial charge in [-0.15, -0.1) is 0 Å². The Hall–Kier alpha value is -1.27. The van der Waals surface area contributed by atoms with Crippen molar-refractivity contribution in [2.24, 2.45) is 5.90 Å². The highest BCUT2D eigenvalue weighted by molar-refractivity contribution is 5.39. The molecule has 0 unspecified atom stereocenters. The molecule has 1 rings (SSSR count). The summed E-state index contributed by atoms with van der Waals surface area (Å²) in [4.78, 5) is 4.30. The lowest BCUT2D eigenvalue weighted by atomic mass is 10.1. The maximum Gasteiger partial charge on any atom is 0.270 e. The van der Waals surface area contributed by atoms with Crippen LogP contribution < -0.4 is 10.6 Å². The van der Waals surface area contributed by atoms with Crippen LogP contribution in [-0.2, 0) is 17.4 Å². The normalized spacial score (nSPS) is 11.6. The minimum absolute atomic E-state index is 0.140. The molecule has 0 aliphatic rings. The van der Waals surface area contributed by atoms with Gasteiger partial charge in [0, 0.05) is 18.1 Å². The van der Waals surface area contributed by atoms with Crippen molar-refractivity contribution in [2.75, 3.05) is 7.11 Å². The third-order valence-corrected chi connectivity index (χ3v) is 2.07. The number of hydrogen-bond donors (Lipinski definition) is 1. The average Bonchev–Trinajstić information content (AvgIpc) is 2.16. The topological polar surface area (TPSA) is 44.5 Å². The van der Waals surface area contributed by atoms with Crippen LogP contribution in [0.3, 0.4) is 0 Å². The Morgan fingerprint density at radius 3 is 2.44 bits per heavy atom. The Labute approximate surface area is 90.9 Å². The maximum atomic E-state index is 13.4. The fourth-order valence-corrected chi connectivity index (χ4v) is 1.33.